The largest absolute Gasteiger partial charge is 0.493 e. The predicted molar refractivity (Wildman–Crippen MR) is 72.9 cm³/mol. The van der Waals surface area contributed by atoms with Crippen molar-refractivity contribution in [2.24, 2.45) is 5.92 Å². The summed E-state index contributed by atoms with van der Waals surface area (Å²) in [5, 5.41) is 3.43. The van der Waals surface area contributed by atoms with Gasteiger partial charge in [-0.2, -0.15) is 0 Å². The van der Waals surface area contributed by atoms with Crippen LogP contribution in [0.15, 0.2) is 30.3 Å². The van der Waals surface area contributed by atoms with Crippen LogP contribution in [0.4, 0.5) is 0 Å². The molecule has 1 aromatic carbocycles. The van der Waals surface area contributed by atoms with Gasteiger partial charge in [-0.15, -0.1) is 0 Å². The summed E-state index contributed by atoms with van der Waals surface area (Å²) in [6.45, 7) is 5.77. The Morgan fingerprint density at radius 3 is 2.83 bits per heavy atom. The van der Waals surface area contributed by atoms with E-state index in [0.29, 0.717) is 12.0 Å². The van der Waals surface area contributed by atoms with E-state index in [1.54, 1.807) is 0 Å². The van der Waals surface area contributed by atoms with Gasteiger partial charge in [0, 0.05) is 25.6 Å². The quantitative estimate of drug-likeness (QED) is 0.840. The molecule has 1 aromatic rings. The van der Waals surface area contributed by atoms with Gasteiger partial charge >= 0.3 is 0 Å². The van der Waals surface area contributed by atoms with E-state index in [1.165, 1.54) is 0 Å². The number of nitrogens with one attached hydrogen (secondary N) is 1. The SMILES string of the molecule is CCCO[C@H]1CNC[C@@H](COc2ccccc2)C1. The van der Waals surface area contributed by atoms with Crippen LogP contribution in [0.5, 0.6) is 5.75 Å². The van der Waals surface area contributed by atoms with E-state index in [4.69, 9.17) is 9.47 Å². The third-order valence-corrected chi connectivity index (χ3v) is 3.19. The summed E-state index contributed by atoms with van der Waals surface area (Å²) in [5.74, 6) is 1.50. The molecule has 0 radical (unpaired) electrons. The van der Waals surface area contributed by atoms with E-state index in [2.05, 4.69) is 12.2 Å². The lowest BCUT2D eigenvalue weighted by atomic mass is 9.98. The molecule has 0 amide bonds. The van der Waals surface area contributed by atoms with Crippen molar-refractivity contribution in [1.29, 1.82) is 0 Å². The maximum atomic E-state index is 5.80. The fourth-order valence-electron chi connectivity index (χ4n) is 2.26. The van der Waals surface area contributed by atoms with Crippen LogP contribution in [0.1, 0.15) is 19.8 Å². The molecule has 0 aromatic heterocycles. The van der Waals surface area contributed by atoms with Gasteiger partial charge in [0.25, 0.3) is 0 Å². The van der Waals surface area contributed by atoms with Crippen LogP contribution < -0.4 is 10.1 Å². The minimum absolute atomic E-state index is 0.350. The zero-order chi connectivity index (χ0) is 12.6. The summed E-state index contributed by atoms with van der Waals surface area (Å²) in [5.41, 5.74) is 0. The monoisotopic (exact) mass is 249 g/mol. The molecule has 0 unspecified atom stereocenters. The summed E-state index contributed by atoms with van der Waals surface area (Å²) < 4.78 is 11.6. The van der Waals surface area contributed by atoms with Gasteiger partial charge in [0.15, 0.2) is 0 Å². The van der Waals surface area contributed by atoms with Crippen LogP contribution in [0.25, 0.3) is 0 Å². The highest BCUT2D eigenvalue weighted by molar-refractivity contribution is 5.20. The maximum absolute atomic E-state index is 5.80. The Labute approximate surface area is 109 Å². The minimum Gasteiger partial charge on any atom is -0.493 e. The minimum atomic E-state index is 0.350. The van der Waals surface area contributed by atoms with Gasteiger partial charge in [0.05, 0.1) is 12.7 Å². The smallest absolute Gasteiger partial charge is 0.119 e. The van der Waals surface area contributed by atoms with Crippen LogP contribution >= 0.6 is 0 Å². The normalized spacial score (nSPS) is 23.8. The van der Waals surface area contributed by atoms with Crippen molar-refractivity contribution in [3.05, 3.63) is 30.3 Å². The molecule has 0 aliphatic carbocycles. The molecular formula is C15H23NO2. The third kappa shape index (κ3) is 4.31. The van der Waals surface area contributed by atoms with Crippen molar-refractivity contribution in [1.82, 2.24) is 5.32 Å². The lowest BCUT2D eigenvalue weighted by molar-refractivity contribution is 0.0155. The fourth-order valence-corrected chi connectivity index (χ4v) is 2.26. The number of piperidine rings is 1. The molecule has 1 N–H and O–H groups in total. The lowest BCUT2D eigenvalue weighted by Gasteiger charge is -2.29. The highest BCUT2D eigenvalue weighted by Gasteiger charge is 2.22. The van der Waals surface area contributed by atoms with Gasteiger partial charge in [-0.1, -0.05) is 25.1 Å². The van der Waals surface area contributed by atoms with E-state index < -0.39 is 0 Å². The average molecular weight is 249 g/mol. The van der Waals surface area contributed by atoms with Gasteiger partial charge in [0.1, 0.15) is 5.75 Å². The first-order valence-corrected chi connectivity index (χ1v) is 6.88. The molecule has 0 saturated carbocycles. The number of hydrogen-bond donors (Lipinski definition) is 1. The first-order valence-electron chi connectivity index (χ1n) is 6.88. The summed E-state index contributed by atoms with van der Waals surface area (Å²) in [4.78, 5) is 0. The Kier molecular flexibility index (Phi) is 5.49. The Balaban J connectivity index is 1.72. The molecule has 0 bridgehead atoms. The van der Waals surface area contributed by atoms with Crippen LogP contribution in [0.3, 0.4) is 0 Å². The van der Waals surface area contributed by atoms with Gasteiger partial charge < -0.3 is 14.8 Å². The summed E-state index contributed by atoms with van der Waals surface area (Å²) in [7, 11) is 0. The number of benzene rings is 1. The van der Waals surface area contributed by atoms with E-state index in [0.717, 1.165) is 44.9 Å². The van der Waals surface area contributed by atoms with E-state index in [-0.39, 0.29) is 0 Å². The zero-order valence-electron chi connectivity index (χ0n) is 11.1. The van der Waals surface area contributed by atoms with Gasteiger partial charge in [-0.3, -0.25) is 0 Å². The molecular weight excluding hydrogens is 226 g/mol. The number of rotatable bonds is 6. The van der Waals surface area contributed by atoms with Crippen LogP contribution in [0, 0.1) is 5.92 Å². The standard InChI is InChI=1S/C15H23NO2/c1-2-8-17-15-9-13(10-16-11-15)12-18-14-6-4-3-5-7-14/h3-7,13,15-16H,2,8-12H2,1H3/t13-,15+/m0/s1. The maximum Gasteiger partial charge on any atom is 0.119 e. The fraction of sp³-hybridized carbons (Fsp3) is 0.600. The molecule has 2 rings (SSSR count). The van der Waals surface area contributed by atoms with Crippen molar-refractivity contribution in [2.75, 3.05) is 26.3 Å². The number of hydrogen-bond acceptors (Lipinski definition) is 3. The molecule has 1 aliphatic heterocycles. The highest BCUT2D eigenvalue weighted by Crippen LogP contribution is 2.16. The first-order chi connectivity index (χ1) is 8.88. The third-order valence-electron chi connectivity index (χ3n) is 3.19. The van der Waals surface area contributed by atoms with Crippen molar-refractivity contribution in [3.8, 4) is 5.75 Å². The molecule has 3 nitrogen and oxygen atoms in total. The Hall–Kier alpha value is -1.06. The number of ether oxygens (including phenoxy) is 2. The topological polar surface area (TPSA) is 30.5 Å². The molecule has 100 valence electrons. The molecule has 2 atom stereocenters. The zero-order valence-corrected chi connectivity index (χ0v) is 11.1. The molecule has 18 heavy (non-hydrogen) atoms. The van der Waals surface area contributed by atoms with Crippen LogP contribution in [0.2, 0.25) is 0 Å². The van der Waals surface area contributed by atoms with E-state index >= 15 is 0 Å². The lowest BCUT2D eigenvalue weighted by Crippen LogP contribution is -2.42. The first kappa shape index (κ1) is 13.4. The van der Waals surface area contributed by atoms with Crippen molar-refractivity contribution >= 4 is 0 Å². The van der Waals surface area contributed by atoms with E-state index in [9.17, 15) is 0 Å². The van der Waals surface area contributed by atoms with E-state index in [1.807, 2.05) is 30.3 Å². The second-order valence-electron chi connectivity index (χ2n) is 4.88. The highest BCUT2D eigenvalue weighted by atomic mass is 16.5. The molecule has 1 heterocycles. The van der Waals surface area contributed by atoms with Crippen molar-refractivity contribution in [3.63, 3.8) is 0 Å². The van der Waals surface area contributed by atoms with Gasteiger partial charge in [-0.05, 0) is 25.0 Å². The molecule has 1 saturated heterocycles. The Morgan fingerprint density at radius 2 is 2.06 bits per heavy atom. The molecule has 1 aliphatic rings. The Morgan fingerprint density at radius 1 is 1.22 bits per heavy atom. The Bertz CT molecular complexity index is 329. The average Bonchev–Trinajstić information content (AvgIpc) is 2.44. The molecule has 0 spiro atoms. The second-order valence-corrected chi connectivity index (χ2v) is 4.88. The summed E-state index contributed by atoms with van der Waals surface area (Å²) in [6.07, 6.45) is 2.53. The summed E-state index contributed by atoms with van der Waals surface area (Å²) >= 11 is 0. The molecule has 3 heteroatoms. The van der Waals surface area contributed by atoms with Crippen LogP contribution in [-0.2, 0) is 4.74 Å². The molecule has 1 fully saturated rings. The van der Waals surface area contributed by atoms with Crippen molar-refractivity contribution < 1.29 is 9.47 Å². The van der Waals surface area contributed by atoms with Gasteiger partial charge in [0.2, 0.25) is 0 Å². The van der Waals surface area contributed by atoms with Crippen LogP contribution in [-0.4, -0.2) is 32.4 Å². The predicted octanol–water partition coefficient (Wildman–Crippen LogP) is 2.47. The summed E-state index contributed by atoms with van der Waals surface area (Å²) in [6, 6.07) is 10.0. The number of para-hydroxylation sites is 1. The van der Waals surface area contributed by atoms with Crippen molar-refractivity contribution in [2.45, 2.75) is 25.9 Å². The second kappa shape index (κ2) is 7.39. The van der Waals surface area contributed by atoms with Gasteiger partial charge in [-0.25, -0.2) is 0 Å².